The van der Waals surface area contributed by atoms with E-state index >= 15 is 0 Å². The number of nitrogens with one attached hydrogen (secondary N) is 2. The standard InChI is InChI=1S/C18H23N7O/c1-12-11-17(25(22-12)16-7-5-6-9-19-16)21-18(26)20-10-8-15-13(2)23-24(4)14(15)3/h5-7,9,11H,8,10H2,1-4H3,(H2,20,21,26). The maximum absolute atomic E-state index is 12.3. The molecule has 0 radical (unpaired) electrons. The van der Waals surface area contributed by atoms with Crippen molar-refractivity contribution in [1.82, 2.24) is 29.9 Å². The molecule has 0 saturated carbocycles. The van der Waals surface area contributed by atoms with Gasteiger partial charge in [0.15, 0.2) is 5.82 Å². The molecule has 0 aliphatic heterocycles. The Labute approximate surface area is 152 Å². The number of anilines is 1. The molecule has 3 aromatic rings. The minimum Gasteiger partial charge on any atom is -0.337 e. The van der Waals surface area contributed by atoms with Gasteiger partial charge in [-0.3, -0.25) is 10.00 Å². The van der Waals surface area contributed by atoms with Gasteiger partial charge in [0, 0.05) is 31.5 Å². The Kier molecular flexibility index (Phi) is 5.01. The van der Waals surface area contributed by atoms with E-state index < -0.39 is 0 Å². The predicted molar refractivity (Wildman–Crippen MR) is 99.5 cm³/mol. The van der Waals surface area contributed by atoms with Crippen LogP contribution in [-0.2, 0) is 13.5 Å². The molecule has 0 saturated heterocycles. The highest BCUT2D eigenvalue weighted by molar-refractivity contribution is 5.88. The van der Waals surface area contributed by atoms with E-state index in [1.165, 1.54) is 5.56 Å². The van der Waals surface area contributed by atoms with Crippen LogP contribution in [0.15, 0.2) is 30.5 Å². The van der Waals surface area contributed by atoms with E-state index in [0.29, 0.717) is 18.2 Å². The Morgan fingerprint density at radius 2 is 2.00 bits per heavy atom. The van der Waals surface area contributed by atoms with Crippen LogP contribution in [-0.4, -0.2) is 37.1 Å². The van der Waals surface area contributed by atoms with Crippen molar-refractivity contribution in [3.8, 4) is 5.82 Å². The van der Waals surface area contributed by atoms with Crippen molar-refractivity contribution >= 4 is 11.8 Å². The summed E-state index contributed by atoms with van der Waals surface area (Å²) >= 11 is 0. The van der Waals surface area contributed by atoms with Gasteiger partial charge < -0.3 is 5.32 Å². The molecule has 0 fully saturated rings. The normalized spacial score (nSPS) is 10.8. The van der Waals surface area contributed by atoms with E-state index in [0.717, 1.165) is 23.5 Å². The number of carbonyl (C=O) groups excluding carboxylic acids is 1. The molecule has 3 rings (SSSR count). The zero-order valence-electron chi connectivity index (χ0n) is 15.4. The third kappa shape index (κ3) is 3.74. The molecule has 0 unspecified atom stereocenters. The third-order valence-electron chi connectivity index (χ3n) is 4.26. The Balaban J connectivity index is 1.62. The van der Waals surface area contributed by atoms with Gasteiger partial charge in [-0.1, -0.05) is 6.07 Å². The molecule has 0 aromatic carbocycles. The second-order valence-electron chi connectivity index (χ2n) is 6.17. The van der Waals surface area contributed by atoms with Gasteiger partial charge in [-0.25, -0.2) is 9.78 Å². The Morgan fingerprint density at radius 1 is 1.19 bits per heavy atom. The quantitative estimate of drug-likeness (QED) is 0.736. The van der Waals surface area contributed by atoms with Crippen molar-refractivity contribution in [2.75, 3.05) is 11.9 Å². The summed E-state index contributed by atoms with van der Waals surface area (Å²) in [5.74, 6) is 1.23. The average molecular weight is 353 g/mol. The van der Waals surface area contributed by atoms with E-state index in [2.05, 4.69) is 25.8 Å². The lowest BCUT2D eigenvalue weighted by Crippen LogP contribution is -2.31. The van der Waals surface area contributed by atoms with Gasteiger partial charge in [0.05, 0.1) is 11.4 Å². The van der Waals surface area contributed by atoms with Crippen molar-refractivity contribution < 1.29 is 4.79 Å². The smallest absolute Gasteiger partial charge is 0.320 e. The van der Waals surface area contributed by atoms with Crippen molar-refractivity contribution in [3.05, 3.63) is 53.1 Å². The number of hydrogen-bond acceptors (Lipinski definition) is 4. The van der Waals surface area contributed by atoms with E-state index in [9.17, 15) is 4.79 Å². The number of hydrogen-bond donors (Lipinski definition) is 2. The topological polar surface area (TPSA) is 89.7 Å². The number of amides is 2. The highest BCUT2D eigenvalue weighted by atomic mass is 16.2. The van der Waals surface area contributed by atoms with Gasteiger partial charge in [-0.2, -0.15) is 14.9 Å². The number of urea groups is 1. The lowest BCUT2D eigenvalue weighted by Gasteiger charge is -2.09. The van der Waals surface area contributed by atoms with Crippen LogP contribution < -0.4 is 10.6 Å². The first-order chi connectivity index (χ1) is 12.5. The van der Waals surface area contributed by atoms with Crippen LogP contribution >= 0.6 is 0 Å². The van der Waals surface area contributed by atoms with Crippen LogP contribution in [0.4, 0.5) is 10.6 Å². The molecule has 0 aliphatic rings. The molecule has 0 spiro atoms. The molecule has 3 aromatic heterocycles. The summed E-state index contributed by atoms with van der Waals surface area (Å²) in [7, 11) is 1.92. The van der Waals surface area contributed by atoms with Gasteiger partial charge in [0.25, 0.3) is 0 Å². The van der Waals surface area contributed by atoms with E-state index in [-0.39, 0.29) is 6.03 Å². The second kappa shape index (κ2) is 7.38. The van der Waals surface area contributed by atoms with Crippen molar-refractivity contribution in [3.63, 3.8) is 0 Å². The Bertz CT molecular complexity index is 911. The van der Waals surface area contributed by atoms with E-state index in [4.69, 9.17) is 0 Å². The zero-order valence-corrected chi connectivity index (χ0v) is 15.4. The molecule has 8 heteroatoms. The minimum absolute atomic E-state index is 0.277. The predicted octanol–water partition coefficient (Wildman–Crippen LogP) is 2.29. The highest BCUT2D eigenvalue weighted by Gasteiger charge is 2.12. The monoisotopic (exact) mass is 353 g/mol. The van der Waals surface area contributed by atoms with E-state index in [1.807, 2.05) is 56.8 Å². The summed E-state index contributed by atoms with van der Waals surface area (Å²) in [6, 6.07) is 7.08. The molecule has 3 heterocycles. The number of rotatable bonds is 5. The lowest BCUT2D eigenvalue weighted by molar-refractivity contribution is 0.252. The molecule has 136 valence electrons. The summed E-state index contributed by atoms with van der Waals surface area (Å²) in [5.41, 5.74) is 4.08. The van der Waals surface area contributed by atoms with Gasteiger partial charge in [0.2, 0.25) is 0 Å². The van der Waals surface area contributed by atoms with Gasteiger partial charge >= 0.3 is 6.03 Å². The summed E-state index contributed by atoms with van der Waals surface area (Å²) in [6.45, 7) is 6.41. The summed E-state index contributed by atoms with van der Waals surface area (Å²) in [4.78, 5) is 16.5. The first-order valence-corrected chi connectivity index (χ1v) is 8.47. The molecule has 0 bridgehead atoms. The number of nitrogens with zero attached hydrogens (tertiary/aromatic N) is 5. The Hall–Kier alpha value is -3.16. The minimum atomic E-state index is -0.277. The van der Waals surface area contributed by atoms with Crippen LogP contribution in [0, 0.1) is 20.8 Å². The van der Waals surface area contributed by atoms with Gasteiger partial charge in [0.1, 0.15) is 5.82 Å². The maximum atomic E-state index is 12.3. The lowest BCUT2D eigenvalue weighted by atomic mass is 10.1. The van der Waals surface area contributed by atoms with Crippen LogP contribution in [0.25, 0.3) is 5.82 Å². The average Bonchev–Trinajstić information content (AvgIpc) is 3.09. The third-order valence-corrected chi connectivity index (χ3v) is 4.26. The molecule has 0 aliphatic carbocycles. The van der Waals surface area contributed by atoms with E-state index in [1.54, 1.807) is 10.9 Å². The number of pyridine rings is 1. The van der Waals surface area contributed by atoms with Crippen LogP contribution in [0.5, 0.6) is 0 Å². The second-order valence-corrected chi connectivity index (χ2v) is 6.17. The molecule has 8 nitrogen and oxygen atoms in total. The number of aryl methyl sites for hydroxylation is 3. The van der Waals surface area contributed by atoms with Gasteiger partial charge in [-0.15, -0.1) is 0 Å². The summed E-state index contributed by atoms with van der Waals surface area (Å²) in [6.07, 6.45) is 2.42. The van der Waals surface area contributed by atoms with Crippen molar-refractivity contribution in [1.29, 1.82) is 0 Å². The molecule has 2 N–H and O–H groups in total. The largest absolute Gasteiger partial charge is 0.337 e. The fourth-order valence-electron chi connectivity index (χ4n) is 2.88. The van der Waals surface area contributed by atoms with Gasteiger partial charge in [-0.05, 0) is 44.9 Å². The Morgan fingerprint density at radius 3 is 2.65 bits per heavy atom. The zero-order chi connectivity index (χ0) is 18.7. The molecule has 26 heavy (non-hydrogen) atoms. The molecular weight excluding hydrogens is 330 g/mol. The number of carbonyl (C=O) groups is 1. The SMILES string of the molecule is Cc1cc(NC(=O)NCCc2c(C)nn(C)c2C)n(-c2ccccn2)n1. The van der Waals surface area contributed by atoms with Crippen LogP contribution in [0.1, 0.15) is 22.6 Å². The fourth-order valence-corrected chi connectivity index (χ4v) is 2.88. The summed E-state index contributed by atoms with van der Waals surface area (Å²) in [5, 5.41) is 14.5. The van der Waals surface area contributed by atoms with Crippen molar-refractivity contribution in [2.24, 2.45) is 7.05 Å². The molecular formula is C18H23N7O. The number of aromatic nitrogens is 5. The summed E-state index contributed by atoms with van der Waals surface area (Å²) < 4.78 is 3.48. The highest BCUT2D eigenvalue weighted by Crippen LogP contribution is 2.15. The van der Waals surface area contributed by atoms with Crippen LogP contribution in [0.3, 0.4) is 0 Å². The molecule has 0 atom stereocenters. The first-order valence-electron chi connectivity index (χ1n) is 8.47. The van der Waals surface area contributed by atoms with Crippen molar-refractivity contribution in [2.45, 2.75) is 27.2 Å². The fraction of sp³-hybridized carbons (Fsp3) is 0.333. The molecule has 2 amide bonds. The van der Waals surface area contributed by atoms with Crippen LogP contribution in [0.2, 0.25) is 0 Å². The first kappa shape index (κ1) is 17.7. The maximum Gasteiger partial charge on any atom is 0.320 e.